The minimum atomic E-state index is 0.236. The zero-order valence-corrected chi connectivity index (χ0v) is 18.4. The van der Waals surface area contributed by atoms with Crippen molar-refractivity contribution in [2.45, 2.75) is 64.8 Å². The first-order valence-electron chi connectivity index (χ1n) is 11.4. The summed E-state index contributed by atoms with van der Waals surface area (Å²) in [6, 6.07) is 0. The predicted molar refractivity (Wildman–Crippen MR) is 115 cm³/mol. The molecule has 3 aliphatic rings. The van der Waals surface area contributed by atoms with Gasteiger partial charge in [0.25, 0.3) is 0 Å². The van der Waals surface area contributed by atoms with Gasteiger partial charge in [-0.25, -0.2) is 9.97 Å². The molecule has 7 nitrogen and oxygen atoms in total. The van der Waals surface area contributed by atoms with Crippen molar-refractivity contribution in [3.63, 3.8) is 0 Å². The number of amides is 1. The van der Waals surface area contributed by atoms with Crippen molar-refractivity contribution in [1.29, 1.82) is 0 Å². The lowest BCUT2D eigenvalue weighted by Crippen LogP contribution is -2.39. The van der Waals surface area contributed by atoms with Crippen LogP contribution < -0.4 is 4.90 Å². The number of rotatable bonds is 5. The molecule has 0 spiro atoms. The number of fused-ring (bicyclic) bond motifs is 1. The largest absolute Gasteiger partial charge is 0.299 e. The van der Waals surface area contributed by atoms with Crippen LogP contribution in [-0.2, 0) is 24.8 Å². The van der Waals surface area contributed by atoms with E-state index in [1.165, 1.54) is 29.7 Å². The number of aryl methyl sites for hydroxylation is 2. The molecule has 0 aromatic carbocycles. The fourth-order valence-corrected chi connectivity index (χ4v) is 4.82. The molecule has 4 heterocycles. The van der Waals surface area contributed by atoms with Crippen molar-refractivity contribution in [1.82, 2.24) is 24.6 Å². The average Bonchev–Trinajstić information content (AvgIpc) is 3.51. The van der Waals surface area contributed by atoms with Crippen LogP contribution >= 0.6 is 0 Å². The van der Waals surface area contributed by atoms with Crippen molar-refractivity contribution < 1.29 is 4.79 Å². The second-order valence-electron chi connectivity index (χ2n) is 9.35. The Bertz CT molecular complexity index is 955. The number of likely N-dealkylation sites (tertiary alicyclic amines) is 1. The monoisotopic (exact) mass is 408 g/mol. The van der Waals surface area contributed by atoms with E-state index >= 15 is 0 Å². The van der Waals surface area contributed by atoms with Crippen LogP contribution in [0, 0.1) is 19.8 Å². The molecule has 30 heavy (non-hydrogen) atoms. The van der Waals surface area contributed by atoms with Gasteiger partial charge in [0.1, 0.15) is 11.6 Å². The number of anilines is 1. The molecule has 0 bridgehead atoms. The number of nitrogens with zero attached hydrogens (tertiary/aromatic N) is 6. The van der Waals surface area contributed by atoms with Gasteiger partial charge in [0.2, 0.25) is 5.91 Å². The smallest absolute Gasteiger partial charge is 0.228 e. The van der Waals surface area contributed by atoms with Crippen molar-refractivity contribution in [3.05, 3.63) is 34.5 Å². The van der Waals surface area contributed by atoms with Gasteiger partial charge in [-0.05, 0) is 65.0 Å². The summed E-state index contributed by atoms with van der Waals surface area (Å²) in [4.78, 5) is 27.0. The SMILES string of the molecule is Cc1nc(C2CCN(Cc3cnn(C)c3C)CC2)nc2c1CCC(=O)N2CC1CC1. The quantitative estimate of drug-likeness (QED) is 0.761. The van der Waals surface area contributed by atoms with E-state index in [-0.39, 0.29) is 5.91 Å². The Balaban J connectivity index is 1.30. The zero-order valence-electron chi connectivity index (χ0n) is 18.4. The summed E-state index contributed by atoms with van der Waals surface area (Å²) >= 11 is 0. The molecule has 1 aliphatic carbocycles. The van der Waals surface area contributed by atoms with Crippen LogP contribution in [0.4, 0.5) is 5.82 Å². The Labute approximate surface area is 178 Å². The maximum Gasteiger partial charge on any atom is 0.228 e. The molecule has 0 radical (unpaired) electrons. The number of carbonyl (C=O) groups excluding carboxylic acids is 1. The fourth-order valence-electron chi connectivity index (χ4n) is 4.82. The van der Waals surface area contributed by atoms with Crippen LogP contribution in [0.15, 0.2) is 6.20 Å². The highest BCUT2D eigenvalue weighted by molar-refractivity contribution is 5.95. The van der Waals surface area contributed by atoms with Gasteiger partial charge in [-0.2, -0.15) is 5.10 Å². The summed E-state index contributed by atoms with van der Waals surface area (Å²) in [5, 5.41) is 4.37. The number of aromatic nitrogens is 4. The summed E-state index contributed by atoms with van der Waals surface area (Å²) in [5.41, 5.74) is 4.80. The van der Waals surface area contributed by atoms with Gasteiger partial charge < -0.3 is 0 Å². The maximum atomic E-state index is 12.6. The van der Waals surface area contributed by atoms with E-state index in [9.17, 15) is 4.79 Å². The van der Waals surface area contributed by atoms with Gasteiger partial charge in [0.15, 0.2) is 0 Å². The average molecular weight is 409 g/mol. The first kappa shape index (κ1) is 19.7. The summed E-state index contributed by atoms with van der Waals surface area (Å²) in [6.07, 6.45) is 7.97. The fraction of sp³-hybridized carbons (Fsp3) is 0.652. The van der Waals surface area contributed by atoms with Crippen molar-refractivity contribution in [2.24, 2.45) is 13.0 Å². The summed E-state index contributed by atoms with van der Waals surface area (Å²) < 4.78 is 1.94. The molecule has 0 N–H and O–H groups in total. The minimum absolute atomic E-state index is 0.236. The number of carbonyl (C=O) groups is 1. The Morgan fingerprint density at radius 3 is 2.50 bits per heavy atom. The van der Waals surface area contributed by atoms with E-state index in [1.807, 2.05) is 22.8 Å². The third-order valence-corrected chi connectivity index (χ3v) is 7.18. The third kappa shape index (κ3) is 3.75. The molecular weight excluding hydrogens is 376 g/mol. The van der Waals surface area contributed by atoms with Gasteiger partial charge in [0, 0.05) is 55.0 Å². The minimum Gasteiger partial charge on any atom is -0.299 e. The van der Waals surface area contributed by atoms with Crippen LogP contribution in [0.1, 0.15) is 66.4 Å². The molecular formula is C23H32N6O. The second kappa shape index (κ2) is 7.76. The first-order valence-corrected chi connectivity index (χ1v) is 11.4. The molecule has 1 saturated carbocycles. The summed E-state index contributed by atoms with van der Waals surface area (Å²) in [6.45, 7) is 8.11. The number of hydrogen-bond donors (Lipinski definition) is 0. The molecule has 5 rings (SSSR count). The highest BCUT2D eigenvalue weighted by Crippen LogP contribution is 2.36. The lowest BCUT2D eigenvalue weighted by atomic mass is 9.94. The molecule has 1 saturated heterocycles. The highest BCUT2D eigenvalue weighted by atomic mass is 16.2. The molecule has 2 fully saturated rings. The van der Waals surface area contributed by atoms with Gasteiger partial charge >= 0.3 is 0 Å². The standard InChI is InChI=1S/C23H32N6O/c1-15-20-6-7-21(30)29(13-17-4-5-17)23(20)26-22(25-15)18-8-10-28(11-9-18)14-19-12-24-27(3)16(19)2/h12,17-18H,4-11,13-14H2,1-3H3. The summed E-state index contributed by atoms with van der Waals surface area (Å²) in [7, 11) is 2.00. The highest BCUT2D eigenvalue weighted by Gasteiger charge is 2.34. The molecule has 160 valence electrons. The van der Waals surface area contributed by atoms with Crippen LogP contribution in [-0.4, -0.2) is 50.2 Å². The second-order valence-corrected chi connectivity index (χ2v) is 9.35. The topological polar surface area (TPSA) is 67.2 Å². The van der Waals surface area contributed by atoms with Crippen molar-refractivity contribution >= 4 is 11.7 Å². The molecule has 0 unspecified atom stereocenters. The number of piperidine rings is 1. The van der Waals surface area contributed by atoms with Crippen LogP contribution in [0.5, 0.6) is 0 Å². The van der Waals surface area contributed by atoms with Gasteiger partial charge in [-0.1, -0.05) is 0 Å². The van der Waals surface area contributed by atoms with E-state index in [2.05, 4.69) is 23.8 Å². The Hall–Kier alpha value is -2.28. The Morgan fingerprint density at radius 2 is 1.83 bits per heavy atom. The predicted octanol–water partition coefficient (Wildman–Crippen LogP) is 2.90. The molecule has 2 aromatic rings. The lowest BCUT2D eigenvalue weighted by Gasteiger charge is -2.33. The van der Waals surface area contributed by atoms with E-state index in [0.717, 1.165) is 62.8 Å². The Kier molecular flexibility index (Phi) is 5.09. The lowest BCUT2D eigenvalue weighted by molar-refractivity contribution is -0.119. The first-order chi connectivity index (χ1) is 14.5. The van der Waals surface area contributed by atoms with E-state index < -0.39 is 0 Å². The normalized spacial score (nSPS) is 20.6. The van der Waals surface area contributed by atoms with E-state index in [1.54, 1.807) is 0 Å². The summed E-state index contributed by atoms with van der Waals surface area (Å²) in [5.74, 6) is 3.13. The molecule has 1 amide bonds. The third-order valence-electron chi connectivity index (χ3n) is 7.18. The van der Waals surface area contributed by atoms with Crippen LogP contribution in [0.2, 0.25) is 0 Å². The Morgan fingerprint density at radius 1 is 1.07 bits per heavy atom. The zero-order chi connectivity index (χ0) is 20.8. The van der Waals surface area contributed by atoms with Gasteiger partial charge in [-0.3, -0.25) is 19.3 Å². The van der Waals surface area contributed by atoms with Crippen LogP contribution in [0.25, 0.3) is 0 Å². The van der Waals surface area contributed by atoms with Crippen molar-refractivity contribution in [3.8, 4) is 0 Å². The molecule has 7 heteroatoms. The van der Waals surface area contributed by atoms with Crippen LogP contribution in [0.3, 0.4) is 0 Å². The van der Waals surface area contributed by atoms with Crippen molar-refractivity contribution in [2.75, 3.05) is 24.5 Å². The molecule has 0 atom stereocenters. The maximum absolute atomic E-state index is 12.6. The van der Waals surface area contributed by atoms with Gasteiger partial charge in [0.05, 0.1) is 6.20 Å². The molecule has 2 aliphatic heterocycles. The van der Waals surface area contributed by atoms with Gasteiger partial charge in [-0.15, -0.1) is 0 Å². The van der Waals surface area contributed by atoms with E-state index in [0.29, 0.717) is 18.3 Å². The van der Waals surface area contributed by atoms with E-state index in [4.69, 9.17) is 9.97 Å². The number of hydrogen-bond acceptors (Lipinski definition) is 5. The molecule has 2 aromatic heterocycles.